The molecule has 3 aromatic carbocycles. The van der Waals surface area contributed by atoms with E-state index < -0.39 is 6.04 Å². The van der Waals surface area contributed by atoms with Gasteiger partial charge in [-0.1, -0.05) is 36.4 Å². The van der Waals surface area contributed by atoms with E-state index in [4.69, 9.17) is 4.74 Å². The normalized spacial score (nSPS) is 17.5. The highest BCUT2D eigenvalue weighted by Gasteiger charge is 2.40. The van der Waals surface area contributed by atoms with Gasteiger partial charge in [-0.2, -0.15) is 0 Å². The first-order valence-electron chi connectivity index (χ1n) is 10.8. The van der Waals surface area contributed by atoms with Crippen molar-refractivity contribution in [2.45, 2.75) is 6.04 Å². The number of carbonyl (C=O) groups is 3. The number of nitrogens with one attached hydrogen (secondary N) is 1. The van der Waals surface area contributed by atoms with E-state index in [9.17, 15) is 14.4 Å². The first-order chi connectivity index (χ1) is 16.0. The van der Waals surface area contributed by atoms with E-state index in [1.54, 1.807) is 35.1 Å². The number of piperazine rings is 1. The summed E-state index contributed by atoms with van der Waals surface area (Å²) in [5.41, 5.74) is 3.31. The molecule has 2 aliphatic rings. The third-order valence-electron chi connectivity index (χ3n) is 6.18. The minimum atomic E-state index is -0.740. The predicted molar refractivity (Wildman–Crippen MR) is 124 cm³/mol. The van der Waals surface area contributed by atoms with Gasteiger partial charge < -0.3 is 19.9 Å². The average Bonchev–Trinajstić information content (AvgIpc) is 2.98. The smallest absolute Gasteiger partial charge is 0.256 e. The largest absolute Gasteiger partial charge is 0.497 e. The lowest BCUT2D eigenvalue weighted by atomic mass is 10.0. The Morgan fingerprint density at radius 2 is 1.67 bits per heavy atom. The van der Waals surface area contributed by atoms with E-state index in [1.165, 1.54) is 0 Å². The number of fused-ring (bicyclic) bond motifs is 2. The monoisotopic (exact) mass is 441 g/mol. The highest BCUT2D eigenvalue weighted by molar-refractivity contribution is 6.11. The van der Waals surface area contributed by atoms with Gasteiger partial charge in [0.25, 0.3) is 11.8 Å². The van der Waals surface area contributed by atoms with Crippen molar-refractivity contribution >= 4 is 23.4 Å². The summed E-state index contributed by atoms with van der Waals surface area (Å²) in [5.74, 6) is 0.113. The van der Waals surface area contributed by atoms with Crippen molar-refractivity contribution in [1.82, 2.24) is 9.80 Å². The fraction of sp³-hybridized carbons (Fsp3) is 0.192. The summed E-state index contributed by atoms with van der Waals surface area (Å²) >= 11 is 0. The maximum atomic E-state index is 13.5. The second-order valence-electron chi connectivity index (χ2n) is 8.11. The molecule has 166 valence electrons. The number of rotatable bonds is 3. The van der Waals surface area contributed by atoms with Crippen LogP contribution in [0, 0.1) is 0 Å². The van der Waals surface area contributed by atoms with E-state index in [0.717, 1.165) is 16.9 Å². The van der Waals surface area contributed by atoms with Crippen molar-refractivity contribution in [3.8, 4) is 16.9 Å². The molecule has 7 heteroatoms. The molecule has 3 aromatic rings. The number of hydrogen-bond donors (Lipinski definition) is 1. The zero-order chi connectivity index (χ0) is 22.9. The van der Waals surface area contributed by atoms with Crippen LogP contribution in [0.2, 0.25) is 0 Å². The molecule has 0 aliphatic carbocycles. The van der Waals surface area contributed by atoms with Crippen molar-refractivity contribution < 1.29 is 19.1 Å². The second-order valence-corrected chi connectivity index (χ2v) is 8.11. The molecular weight excluding hydrogens is 418 g/mol. The molecule has 0 radical (unpaired) electrons. The topological polar surface area (TPSA) is 79.0 Å². The Balaban J connectivity index is 1.42. The van der Waals surface area contributed by atoms with Gasteiger partial charge in [-0.25, -0.2) is 0 Å². The van der Waals surface area contributed by atoms with Crippen LogP contribution >= 0.6 is 0 Å². The van der Waals surface area contributed by atoms with Gasteiger partial charge in [-0.15, -0.1) is 0 Å². The van der Waals surface area contributed by atoms with E-state index >= 15 is 0 Å². The fourth-order valence-electron chi connectivity index (χ4n) is 4.36. The first-order valence-corrected chi connectivity index (χ1v) is 10.8. The molecule has 2 aliphatic heterocycles. The summed E-state index contributed by atoms with van der Waals surface area (Å²) < 4.78 is 5.22. The molecule has 0 aromatic heterocycles. The molecule has 1 fully saturated rings. The molecular formula is C26H23N3O4. The molecule has 1 atom stereocenters. The molecule has 0 bridgehead atoms. The van der Waals surface area contributed by atoms with Gasteiger partial charge in [0.05, 0.1) is 24.9 Å². The summed E-state index contributed by atoms with van der Waals surface area (Å²) in [6.07, 6.45) is 0. The molecule has 1 saturated heterocycles. The lowest BCUT2D eigenvalue weighted by Crippen LogP contribution is -2.59. The van der Waals surface area contributed by atoms with Crippen LogP contribution in [0.3, 0.4) is 0 Å². The standard InChI is InChI=1S/C26H23N3O4/c1-33-20-10-7-17(8-11-20)19-9-12-22-21(15-19)26(32)29-14-13-28(16-23(29)24(30)27-22)25(31)18-5-3-2-4-6-18/h2-12,15,23H,13-14,16H2,1H3,(H,27,30). The lowest BCUT2D eigenvalue weighted by Gasteiger charge is -2.39. The van der Waals surface area contributed by atoms with Crippen molar-refractivity contribution in [2.75, 3.05) is 32.1 Å². The molecule has 1 N–H and O–H groups in total. The SMILES string of the molecule is COc1ccc(-c2ccc3c(c2)C(=O)N2CCN(C(=O)c4ccccc4)CC2C(=O)N3)cc1. The summed E-state index contributed by atoms with van der Waals surface area (Å²) in [7, 11) is 1.61. The van der Waals surface area contributed by atoms with Crippen molar-refractivity contribution in [2.24, 2.45) is 0 Å². The molecule has 3 amide bonds. The number of anilines is 1. The highest BCUT2D eigenvalue weighted by atomic mass is 16.5. The van der Waals surface area contributed by atoms with Gasteiger partial charge in [0.1, 0.15) is 11.8 Å². The Labute approximate surface area is 191 Å². The van der Waals surface area contributed by atoms with E-state index in [1.807, 2.05) is 54.6 Å². The van der Waals surface area contributed by atoms with Gasteiger partial charge in [-0.05, 0) is 47.5 Å². The Bertz CT molecular complexity index is 1220. The van der Waals surface area contributed by atoms with Crippen LogP contribution in [0.15, 0.2) is 72.8 Å². The van der Waals surface area contributed by atoms with E-state index in [0.29, 0.717) is 29.9 Å². The predicted octanol–water partition coefficient (Wildman–Crippen LogP) is 3.28. The highest BCUT2D eigenvalue weighted by Crippen LogP contribution is 2.31. The molecule has 33 heavy (non-hydrogen) atoms. The van der Waals surface area contributed by atoms with E-state index in [2.05, 4.69) is 5.32 Å². The van der Waals surface area contributed by atoms with Gasteiger partial charge in [0, 0.05) is 18.7 Å². The average molecular weight is 441 g/mol. The molecule has 2 heterocycles. The van der Waals surface area contributed by atoms with Crippen LogP contribution < -0.4 is 10.1 Å². The summed E-state index contributed by atoms with van der Waals surface area (Å²) in [5, 5.41) is 2.89. The van der Waals surface area contributed by atoms with Crippen LogP contribution in [0.25, 0.3) is 11.1 Å². The first kappa shape index (κ1) is 20.8. The zero-order valence-electron chi connectivity index (χ0n) is 18.2. The fourth-order valence-corrected chi connectivity index (χ4v) is 4.36. The number of carbonyl (C=O) groups excluding carboxylic acids is 3. The van der Waals surface area contributed by atoms with Crippen LogP contribution in [0.4, 0.5) is 5.69 Å². The van der Waals surface area contributed by atoms with Gasteiger partial charge >= 0.3 is 0 Å². The number of methoxy groups -OCH3 is 1. The maximum absolute atomic E-state index is 13.5. The van der Waals surface area contributed by atoms with Crippen LogP contribution in [-0.2, 0) is 4.79 Å². The van der Waals surface area contributed by atoms with Crippen LogP contribution in [0.5, 0.6) is 5.75 Å². The molecule has 1 unspecified atom stereocenters. The molecule has 5 rings (SSSR count). The summed E-state index contributed by atoms with van der Waals surface area (Å²) in [6, 6.07) is 21.3. The van der Waals surface area contributed by atoms with Gasteiger partial charge in [-0.3, -0.25) is 14.4 Å². The Morgan fingerprint density at radius 1 is 0.939 bits per heavy atom. The minimum Gasteiger partial charge on any atom is -0.497 e. The maximum Gasteiger partial charge on any atom is 0.256 e. The van der Waals surface area contributed by atoms with Crippen molar-refractivity contribution in [3.05, 3.63) is 83.9 Å². The van der Waals surface area contributed by atoms with Crippen LogP contribution in [0.1, 0.15) is 20.7 Å². The number of amides is 3. The number of nitrogens with zero attached hydrogens (tertiary/aromatic N) is 2. The van der Waals surface area contributed by atoms with Gasteiger partial charge in [0.2, 0.25) is 5.91 Å². The van der Waals surface area contributed by atoms with Crippen LogP contribution in [-0.4, -0.2) is 60.3 Å². The third kappa shape index (κ3) is 3.82. The Kier molecular flexibility index (Phi) is 5.30. The lowest BCUT2D eigenvalue weighted by molar-refractivity contribution is -0.121. The Morgan fingerprint density at radius 3 is 2.39 bits per heavy atom. The molecule has 7 nitrogen and oxygen atoms in total. The van der Waals surface area contributed by atoms with Crippen molar-refractivity contribution in [1.29, 1.82) is 0 Å². The number of hydrogen-bond acceptors (Lipinski definition) is 4. The zero-order valence-corrected chi connectivity index (χ0v) is 18.2. The summed E-state index contributed by atoms with van der Waals surface area (Å²) in [6.45, 7) is 0.822. The van der Waals surface area contributed by atoms with Crippen molar-refractivity contribution in [3.63, 3.8) is 0 Å². The van der Waals surface area contributed by atoms with Gasteiger partial charge in [0.15, 0.2) is 0 Å². The Hall–Kier alpha value is -4.13. The molecule has 0 spiro atoms. The quantitative estimate of drug-likeness (QED) is 0.677. The third-order valence-corrected chi connectivity index (χ3v) is 6.18. The number of ether oxygens (including phenoxy) is 1. The second kappa shape index (κ2) is 8.43. The number of benzene rings is 3. The van der Waals surface area contributed by atoms with E-state index in [-0.39, 0.29) is 24.3 Å². The summed E-state index contributed by atoms with van der Waals surface area (Å²) in [4.78, 5) is 42.6. The minimum absolute atomic E-state index is 0.140. The molecule has 0 saturated carbocycles.